The number of carbonyl (C=O) groups excluding carboxylic acids is 1. The molecule has 3 heterocycles. The van der Waals surface area contributed by atoms with Gasteiger partial charge >= 0.3 is 0 Å². The fourth-order valence-corrected chi connectivity index (χ4v) is 4.82. The van der Waals surface area contributed by atoms with Crippen LogP contribution in [-0.4, -0.2) is 83.5 Å². The van der Waals surface area contributed by atoms with Crippen LogP contribution in [0.1, 0.15) is 22.6 Å². The zero-order valence-electron chi connectivity index (χ0n) is 14.7. The summed E-state index contributed by atoms with van der Waals surface area (Å²) >= 11 is 0. The van der Waals surface area contributed by atoms with Crippen LogP contribution in [0.5, 0.6) is 0 Å². The average molecular weight is 365 g/mol. The smallest absolute Gasteiger partial charge is 0.254 e. The van der Waals surface area contributed by atoms with Crippen molar-refractivity contribution in [1.29, 1.82) is 0 Å². The molecule has 8 nitrogen and oxygen atoms in total. The van der Waals surface area contributed by atoms with Crippen molar-refractivity contribution < 1.29 is 13.2 Å². The van der Waals surface area contributed by atoms with E-state index in [0.29, 0.717) is 30.7 Å². The van der Waals surface area contributed by atoms with Crippen LogP contribution in [0.15, 0.2) is 18.3 Å². The van der Waals surface area contributed by atoms with Crippen molar-refractivity contribution in [3.05, 3.63) is 29.7 Å². The van der Waals surface area contributed by atoms with Gasteiger partial charge < -0.3 is 9.80 Å². The minimum absolute atomic E-state index is 0.0401. The van der Waals surface area contributed by atoms with Crippen LogP contribution in [0.2, 0.25) is 0 Å². The summed E-state index contributed by atoms with van der Waals surface area (Å²) in [5, 5.41) is 8.05. The van der Waals surface area contributed by atoms with E-state index in [0.717, 1.165) is 5.82 Å². The van der Waals surface area contributed by atoms with Crippen LogP contribution in [0.3, 0.4) is 0 Å². The first-order valence-electron chi connectivity index (χ1n) is 8.24. The summed E-state index contributed by atoms with van der Waals surface area (Å²) in [6.45, 7) is 3.01. The molecule has 25 heavy (non-hydrogen) atoms. The molecule has 0 radical (unpaired) electrons. The van der Waals surface area contributed by atoms with Crippen LogP contribution < -0.4 is 0 Å². The van der Waals surface area contributed by atoms with Crippen molar-refractivity contribution in [2.75, 3.05) is 38.7 Å². The number of hydrogen-bond donors (Lipinski definition) is 0. The maximum Gasteiger partial charge on any atom is 0.254 e. The van der Waals surface area contributed by atoms with Crippen molar-refractivity contribution in [2.45, 2.75) is 19.4 Å². The lowest BCUT2D eigenvalue weighted by molar-refractivity contribution is 0.0683. The van der Waals surface area contributed by atoms with Crippen molar-refractivity contribution in [3.63, 3.8) is 0 Å². The largest absolute Gasteiger partial charge is 0.333 e. The van der Waals surface area contributed by atoms with Gasteiger partial charge in [0.15, 0.2) is 15.5 Å². The Morgan fingerprint density at radius 3 is 2.72 bits per heavy atom. The van der Waals surface area contributed by atoms with Gasteiger partial charge in [0, 0.05) is 30.9 Å². The van der Waals surface area contributed by atoms with Crippen molar-refractivity contribution >= 4 is 21.4 Å². The van der Waals surface area contributed by atoms with Crippen LogP contribution >= 0.6 is 0 Å². The average Bonchev–Trinajstić information content (AvgIpc) is 3.09. The molecule has 1 aliphatic heterocycles. The monoisotopic (exact) mass is 365 g/mol. The minimum Gasteiger partial charge on any atom is -0.333 e. The Morgan fingerprint density at radius 1 is 1.32 bits per heavy atom. The lowest BCUT2D eigenvalue weighted by Gasteiger charge is -2.29. The van der Waals surface area contributed by atoms with Gasteiger partial charge in [-0.2, -0.15) is 0 Å². The zero-order chi connectivity index (χ0) is 18.2. The second kappa shape index (κ2) is 6.72. The summed E-state index contributed by atoms with van der Waals surface area (Å²) in [6.07, 6.45) is 2.27. The topological polar surface area (TPSA) is 87.9 Å². The van der Waals surface area contributed by atoms with Gasteiger partial charge in [-0.05, 0) is 39.6 Å². The Morgan fingerprint density at radius 2 is 2.08 bits per heavy atom. The van der Waals surface area contributed by atoms with Gasteiger partial charge in [-0.3, -0.25) is 9.20 Å². The molecule has 1 unspecified atom stereocenters. The highest BCUT2D eigenvalue weighted by atomic mass is 32.2. The van der Waals surface area contributed by atoms with Crippen LogP contribution in [0.25, 0.3) is 5.65 Å². The van der Waals surface area contributed by atoms with E-state index in [1.807, 2.05) is 25.9 Å². The van der Waals surface area contributed by atoms with E-state index in [-0.39, 0.29) is 23.5 Å². The summed E-state index contributed by atoms with van der Waals surface area (Å²) in [5.41, 5.74) is 1.11. The van der Waals surface area contributed by atoms with E-state index in [4.69, 9.17) is 0 Å². The maximum absolute atomic E-state index is 13.1. The number of amides is 1. The van der Waals surface area contributed by atoms with Gasteiger partial charge in [0.05, 0.1) is 11.5 Å². The molecule has 0 aromatic carbocycles. The van der Waals surface area contributed by atoms with Gasteiger partial charge in [-0.15, -0.1) is 10.2 Å². The minimum atomic E-state index is -3.06. The Hall–Kier alpha value is -2.00. The van der Waals surface area contributed by atoms with Gasteiger partial charge in [0.2, 0.25) is 0 Å². The third kappa shape index (κ3) is 3.82. The number of pyridine rings is 1. The molecule has 0 saturated carbocycles. The van der Waals surface area contributed by atoms with Gasteiger partial charge in [0.1, 0.15) is 5.82 Å². The normalized spacial score (nSPS) is 19.6. The fourth-order valence-electron chi connectivity index (χ4n) is 3.09. The molecule has 0 bridgehead atoms. The SMILES string of the molecule is Cc1nnc2cc(C(=O)N(CCN(C)C)C3CCS(=O)(=O)C3)ccn12. The molecule has 1 atom stereocenters. The second-order valence-corrected chi connectivity index (χ2v) is 8.98. The molecule has 3 rings (SSSR count). The number of aryl methyl sites for hydroxylation is 1. The third-order valence-corrected chi connectivity index (χ3v) is 6.28. The molecule has 2 aromatic heterocycles. The Bertz CT molecular complexity index is 890. The molecular formula is C16H23N5O3S. The quantitative estimate of drug-likeness (QED) is 0.754. The van der Waals surface area contributed by atoms with E-state index < -0.39 is 9.84 Å². The van der Waals surface area contributed by atoms with Gasteiger partial charge in [-0.25, -0.2) is 8.42 Å². The molecule has 1 amide bonds. The first-order valence-corrected chi connectivity index (χ1v) is 10.1. The standard InChI is InChI=1S/C16H23N5O3S/c1-12-17-18-15-10-13(4-6-20(12)15)16(22)21(8-7-19(2)3)14-5-9-25(23,24)11-14/h4,6,10,14H,5,7-9,11H2,1-3H3. The van der Waals surface area contributed by atoms with Crippen LogP contribution in [0, 0.1) is 6.92 Å². The predicted octanol–water partition coefficient (Wildman–Crippen LogP) is 0.229. The van der Waals surface area contributed by atoms with Crippen molar-refractivity contribution in [2.24, 2.45) is 0 Å². The summed E-state index contributed by atoms with van der Waals surface area (Å²) in [5.74, 6) is 0.775. The van der Waals surface area contributed by atoms with E-state index in [1.165, 1.54) is 0 Å². The summed E-state index contributed by atoms with van der Waals surface area (Å²) in [6, 6.07) is 3.17. The first kappa shape index (κ1) is 17.8. The highest BCUT2D eigenvalue weighted by Crippen LogP contribution is 2.20. The van der Waals surface area contributed by atoms with Gasteiger partial charge in [0.25, 0.3) is 5.91 Å². The number of aromatic nitrogens is 3. The molecule has 0 aliphatic carbocycles. The molecular weight excluding hydrogens is 342 g/mol. The van der Waals surface area contributed by atoms with E-state index >= 15 is 0 Å². The fraction of sp³-hybridized carbons (Fsp3) is 0.562. The molecule has 136 valence electrons. The number of fused-ring (bicyclic) bond motifs is 1. The first-order chi connectivity index (χ1) is 11.8. The number of nitrogens with zero attached hydrogens (tertiary/aromatic N) is 5. The summed E-state index contributed by atoms with van der Waals surface area (Å²) in [4.78, 5) is 16.7. The predicted molar refractivity (Wildman–Crippen MR) is 94.4 cm³/mol. The number of carbonyl (C=O) groups is 1. The molecule has 1 fully saturated rings. The molecule has 1 aliphatic rings. The maximum atomic E-state index is 13.1. The second-order valence-electron chi connectivity index (χ2n) is 6.75. The molecule has 0 spiro atoms. The zero-order valence-corrected chi connectivity index (χ0v) is 15.5. The Balaban J connectivity index is 1.88. The summed E-state index contributed by atoms with van der Waals surface area (Å²) < 4.78 is 25.5. The number of likely N-dealkylation sites (N-methyl/N-ethyl adjacent to an activating group) is 1. The lowest BCUT2D eigenvalue weighted by Crippen LogP contribution is -2.44. The lowest BCUT2D eigenvalue weighted by atomic mass is 10.1. The van der Waals surface area contributed by atoms with Crippen LogP contribution in [0.4, 0.5) is 0 Å². The van der Waals surface area contributed by atoms with Crippen LogP contribution in [-0.2, 0) is 9.84 Å². The van der Waals surface area contributed by atoms with Gasteiger partial charge in [-0.1, -0.05) is 0 Å². The molecule has 9 heteroatoms. The number of rotatable bonds is 5. The van der Waals surface area contributed by atoms with Crippen molar-refractivity contribution in [3.8, 4) is 0 Å². The molecule has 1 saturated heterocycles. The van der Waals surface area contributed by atoms with E-state index in [1.54, 1.807) is 27.6 Å². The number of hydrogen-bond acceptors (Lipinski definition) is 6. The highest BCUT2D eigenvalue weighted by Gasteiger charge is 2.35. The van der Waals surface area contributed by atoms with E-state index in [2.05, 4.69) is 10.2 Å². The van der Waals surface area contributed by atoms with E-state index in [9.17, 15) is 13.2 Å². The Labute approximate surface area is 147 Å². The third-order valence-electron chi connectivity index (χ3n) is 4.53. The van der Waals surface area contributed by atoms with Crippen molar-refractivity contribution in [1.82, 2.24) is 24.4 Å². The summed E-state index contributed by atoms with van der Waals surface area (Å²) in [7, 11) is 0.799. The molecule has 2 aromatic rings. The Kier molecular flexibility index (Phi) is 4.79. The highest BCUT2D eigenvalue weighted by molar-refractivity contribution is 7.91. The molecule has 0 N–H and O–H groups in total. The number of sulfone groups is 1.